The van der Waals surface area contributed by atoms with Crippen LogP contribution < -0.4 is 0 Å². The van der Waals surface area contributed by atoms with E-state index in [1.54, 1.807) is 16.2 Å². The van der Waals surface area contributed by atoms with E-state index in [-0.39, 0.29) is 18.4 Å². The number of thiophene rings is 1. The monoisotopic (exact) mass is 325 g/mol. The fourth-order valence-electron chi connectivity index (χ4n) is 3.08. The Labute approximate surface area is 132 Å². The molecule has 0 aliphatic carbocycles. The molecule has 1 saturated heterocycles. The molecule has 0 saturated carbocycles. The maximum atomic E-state index is 12.7. The number of carbonyl (C=O) groups excluding carboxylic acids is 1. The first-order valence-corrected chi connectivity index (χ1v) is 9.34. The number of thioether (sulfide) groups is 1. The summed E-state index contributed by atoms with van der Waals surface area (Å²) in [5.74, 6) is 1.34. The quantitative estimate of drug-likeness (QED) is 0.928. The van der Waals surface area contributed by atoms with Gasteiger partial charge in [0.2, 0.25) is 0 Å². The van der Waals surface area contributed by atoms with Gasteiger partial charge in [0.1, 0.15) is 0 Å². The maximum Gasteiger partial charge on any atom is 0.305 e. The molecule has 1 unspecified atom stereocenters. The molecule has 1 N–H and O–H groups in total. The first kappa shape index (κ1) is 14.9. The highest BCUT2D eigenvalue weighted by Gasteiger charge is 2.30. The summed E-state index contributed by atoms with van der Waals surface area (Å²) in [6, 6.07) is 1.89. The fourth-order valence-corrected chi connectivity index (χ4v) is 5.40. The minimum Gasteiger partial charge on any atom is -0.481 e. The van der Waals surface area contributed by atoms with Crippen molar-refractivity contribution in [2.45, 2.75) is 43.9 Å². The molecule has 3 rings (SSSR count). The number of aliphatic carboxylic acids is 1. The lowest BCUT2D eigenvalue weighted by atomic mass is 9.99. The van der Waals surface area contributed by atoms with E-state index in [1.165, 1.54) is 10.4 Å². The zero-order valence-electron chi connectivity index (χ0n) is 11.8. The second kappa shape index (κ2) is 6.40. The summed E-state index contributed by atoms with van der Waals surface area (Å²) in [4.78, 5) is 27.7. The third-order valence-electron chi connectivity index (χ3n) is 4.14. The summed E-state index contributed by atoms with van der Waals surface area (Å²) in [7, 11) is 0. The summed E-state index contributed by atoms with van der Waals surface area (Å²) >= 11 is 3.52. The lowest BCUT2D eigenvalue weighted by molar-refractivity contribution is -0.138. The molecule has 0 bridgehead atoms. The van der Waals surface area contributed by atoms with Gasteiger partial charge in [-0.1, -0.05) is 0 Å². The second-order valence-electron chi connectivity index (χ2n) is 5.61. The lowest BCUT2D eigenvalue weighted by Crippen LogP contribution is -2.44. The molecule has 0 aromatic carbocycles. The van der Waals surface area contributed by atoms with Crippen molar-refractivity contribution in [3.05, 3.63) is 21.4 Å². The van der Waals surface area contributed by atoms with Crippen molar-refractivity contribution >= 4 is 35.0 Å². The van der Waals surface area contributed by atoms with Crippen molar-refractivity contribution < 1.29 is 14.7 Å². The number of rotatable bonds is 3. The van der Waals surface area contributed by atoms with Gasteiger partial charge in [-0.3, -0.25) is 9.59 Å². The largest absolute Gasteiger partial charge is 0.481 e. The van der Waals surface area contributed by atoms with Gasteiger partial charge < -0.3 is 10.0 Å². The van der Waals surface area contributed by atoms with Crippen LogP contribution in [0, 0.1) is 0 Å². The van der Waals surface area contributed by atoms with Crippen molar-refractivity contribution in [1.82, 2.24) is 4.90 Å². The van der Waals surface area contributed by atoms with Crippen LogP contribution in [0.2, 0.25) is 0 Å². The number of amides is 1. The van der Waals surface area contributed by atoms with Gasteiger partial charge in [0, 0.05) is 23.2 Å². The predicted molar refractivity (Wildman–Crippen MR) is 85.1 cm³/mol. The highest BCUT2D eigenvalue weighted by atomic mass is 32.2. The summed E-state index contributed by atoms with van der Waals surface area (Å²) in [5, 5.41) is 9.03. The molecule has 1 amide bonds. The fraction of sp³-hybridized carbons (Fsp3) is 0.600. The summed E-state index contributed by atoms with van der Waals surface area (Å²) in [5.41, 5.74) is 1.30. The normalized spacial score (nSPS) is 21.9. The number of aryl methyl sites for hydroxylation is 1. The van der Waals surface area contributed by atoms with E-state index < -0.39 is 5.97 Å². The van der Waals surface area contributed by atoms with Gasteiger partial charge in [0.25, 0.3) is 5.91 Å². The molecule has 4 nitrogen and oxygen atoms in total. The third kappa shape index (κ3) is 3.26. The maximum absolute atomic E-state index is 12.7. The van der Waals surface area contributed by atoms with Crippen LogP contribution >= 0.6 is 23.1 Å². The van der Waals surface area contributed by atoms with E-state index in [0.29, 0.717) is 6.54 Å². The van der Waals surface area contributed by atoms with Gasteiger partial charge >= 0.3 is 5.97 Å². The lowest BCUT2D eigenvalue weighted by Gasteiger charge is -2.34. The number of piperidine rings is 1. The van der Waals surface area contributed by atoms with E-state index in [9.17, 15) is 9.59 Å². The predicted octanol–water partition coefficient (Wildman–Crippen LogP) is 3.01. The van der Waals surface area contributed by atoms with E-state index >= 15 is 0 Å². The smallest absolute Gasteiger partial charge is 0.305 e. The van der Waals surface area contributed by atoms with Crippen molar-refractivity contribution in [2.24, 2.45) is 0 Å². The van der Waals surface area contributed by atoms with Crippen molar-refractivity contribution in [3.8, 4) is 0 Å². The van der Waals surface area contributed by atoms with Crippen LogP contribution in [0.15, 0.2) is 6.07 Å². The number of hydrogen-bond donors (Lipinski definition) is 1. The Kier molecular flexibility index (Phi) is 4.54. The minimum atomic E-state index is -0.818. The number of fused-ring (bicyclic) bond motifs is 1. The standard InChI is InChI=1S/C15H19NO3S2/c17-14(18)8-11-3-1-2-5-16(11)15(19)13-7-10-9-20-6-4-12(10)21-13/h7,11H,1-6,8-9H2,(H,17,18). The van der Waals surface area contributed by atoms with E-state index in [4.69, 9.17) is 5.11 Å². The van der Waals surface area contributed by atoms with Gasteiger partial charge in [-0.15, -0.1) is 11.3 Å². The summed E-state index contributed by atoms with van der Waals surface area (Å²) < 4.78 is 0. The molecule has 1 atom stereocenters. The Balaban J connectivity index is 1.78. The molecular weight excluding hydrogens is 306 g/mol. The van der Waals surface area contributed by atoms with Crippen molar-refractivity contribution in [1.29, 1.82) is 0 Å². The second-order valence-corrected chi connectivity index (χ2v) is 7.85. The number of likely N-dealkylation sites (tertiary alicyclic amines) is 1. The highest BCUT2D eigenvalue weighted by Crippen LogP contribution is 2.33. The van der Waals surface area contributed by atoms with Gasteiger partial charge in [-0.2, -0.15) is 11.8 Å². The van der Waals surface area contributed by atoms with Crippen LogP contribution in [-0.2, 0) is 17.0 Å². The number of carboxylic acids is 1. The molecule has 0 spiro atoms. The molecule has 21 heavy (non-hydrogen) atoms. The first-order chi connectivity index (χ1) is 10.1. The van der Waals surface area contributed by atoms with Crippen LogP contribution in [-0.4, -0.2) is 40.2 Å². The highest BCUT2D eigenvalue weighted by molar-refractivity contribution is 7.98. The average Bonchev–Trinajstić information content (AvgIpc) is 2.90. The topological polar surface area (TPSA) is 57.6 Å². The van der Waals surface area contributed by atoms with E-state index in [0.717, 1.165) is 42.1 Å². The molecular formula is C15H19NO3S2. The number of carbonyl (C=O) groups is 2. The van der Waals surface area contributed by atoms with Crippen LogP contribution in [0.5, 0.6) is 0 Å². The van der Waals surface area contributed by atoms with Crippen LogP contribution in [0.1, 0.15) is 45.8 Å². The Morgan fingerprint density at radius 3 is 3.00 bits per heavy atom. The Morgan fingerprint density at radius 2 is 2.24 bits per heavy atom. The molecule has 0 radical (unpaired) electrons. The van der Waals surface area contributed by atoms with Gasteiger partial charge in [-0.25, -0.2) is 0 Å². The molecule has 6 heteroatoms. The van der Waals surface area contributed by atoms with Gasteiger partial charge in [0.05, 0.1) is 11.3 Å². The van der Waals surface area contributed by atoms with Crippen LogP contribution in [0.25, 0.3) is 0 Å². The van der Waals surface area contributed by atoms with Crippen molar-refractivity contribution in [3.63, 3.8) is 0 Å². The molecule has 114 valence electrons. The van der Waals surface area contributed by atoms with Gasteiger partial charge in [-0.05, 0) is 43.1 Å². The summed E-state index contributed by atoms with van der Waals surface area (Å²) in [6.07, 6.45) is 3.91. The molecule has 1 aromatic rings. The molecule has 1 aromatic heterocycles. The molecule has 3 heterocycles. The van der Waals surface area contributed by atoms with E-state index in [2.05, 4.69) is 0 Å². The zero-order chi connectivity index (χ0) is 14.8. The SMILES string of the molecule is O=C(O)CC1CCCCN1C(=O)c1cc2c(s1)CCSC2. The van der Waals surface area contributed by atoms with Crippen LogP contribution in [0.4, 0.5) is 0 Å². The van der Waals surface area contributed by atoms with Crippen LogP contribution in [0.3, 0.4) is 0 Å². The third-order valence-corrected chi connectivity index (χ3v) is 6.37. The Bertz CT molecular complexity index is 532. The Morgan fingerprint density at radius 1 is 1.38 bits per heavy atom. The number of hydrogen-bond acceptors (Lipinski definition) is 4. The number of carboxylic acid groups (broad SMARTS) is 1. The molecule has 1 fully saturated rings. The van der Waals surface area contributed by atoms with Crippen molar-refractivity contribution in [2.75, 3.05) is 12.3 Å². The number of nitrogens with zero attached hydrogens (tertiary/aromatic N) is 1. The first-order valence-electron chi connectivity index (χ1n) is 7.37. The van der Waals surface area contributed by atoms with Gasteiger partial charge in [0.15, 0.2) is 0 Å². The Hall–Kier alpha value is -1.01. The molecule has 2 aliphatic heterocycles. The summed E-state index contributed by atoms with van der Waals surface area (Å²) in [6.45, 7) is 0.689. The average molecular weight is 325 g/mol. The molecule has 2 aliphatic rings. The van der Waals surface area contributed by atoms with E-state index in [1.807, 2.05) is 17.8 Å². The zero-order valence-corrected chi connectivity index (χ0v) is 13.5. The minimum absolute atomic E-state index is 0.0327.